The minimum absolute atomic E-state index is 0.183. The fourth-order valence-corrected chi connectivity index (χ4v) is 3.08. The molecular formula is C14H13F3N4O2S. The molecule has 0 bridgehead atoms. The molecule has 0 spiro atoms. The van der Waals surface area contributed by atoms with Gasteiger partial charge in [0.05, 0.1) is 24.8 Å². The number of aromatic nitrogens is 1. The van der Waals surface area contributed by atoms with Gasteiger partial charge in [-0.25, -0.2) is 10.8 Å². The number of hydrogen-bond acceptors (Lipinski definition) is 6. The van der Waals surface area contributed by atoms with Crippen molar-refractivity contribution < 1.29 is 22.7 Å². The minimum Gasteiger partial charge on any atom is -0.486 e. The monoisotopic (exact) mass is 358 g/mol. The Bertz CT molecular complexity index is 744. The minimum atomic E-state index is -4.46. The van der Waals surface area contributed by atoms with Crippen molar-refractivity contribution in [2.24, 2.45) is 5.84 Å². The molecule has 10 heteroatoms. The zero-order valence-corrected chi connectivity index (χ0v) is 13.0. The van der Waals surface area contributed by atoms with Crippen LogP contribution < -0.4 is 20.9 Å². The van der Waals surface area contributed by atoms with Gasteiger partial charge in [0, 0.05) is 0 Å². The summed E-state index contributed by atoms with van der Waals surface area (Å²) in [5.74, 6) is 4.42. The number of hydrazine groups is 1. The number of carbonyl (C=O) groups excluding carboxylic acids is 1. The zero-order chi connectivity index (χ0) is 17.3. The van der Waals surface area contributed by atoms with Crippen molar-refractivity contribution in [1.82, 2.24) is 10.4 Å². The van der Waals surface area contributed by atoms with Crippen LogP contribution in [0.2, 0.25) is 0 Å². The third kappa shape index (κ3) is 3.29. The Hall–Kier alpha value is -2.33. The average Bonchev–Trinajstić information content (AvgIpc) is 2.98. The molecule has 0 unspecified atom stereocenters. The van der Waals surface area contributed by atoms with Crippen LogP contribution in [0.4, 0.5) is 18.3 Å². The van der Waals surface area contributed by atoms with Gasteiger partial charge in [-0.1, -0.05) is 23.5 Å². The van der Waals surface area contributed by atoms with Crippen LogP contribution >= 0.6 is 11.3 Å². The van der Waals surface area contributed by atoms with E-state index in [1.54, 1.807) is 0 Å². The molecule has 1 aliphatic heterocycles. The summed E-state index contributed by atoms with van der Waals surface area (Å²) in [6.07, 6.45) is -3.43. The number of nitrogen functional groups attached to an aromatic ring is 1. The molecule has 128 valence electrons. The van der Waals surface area contributed by atoms with Crippen molar-refractivity contribution in [1.29, 1.82) is 0 Å². The Labute approximate surface area is 139 Å². The highest BCUT2D eigenvalue weighted by molar-refractivity contribution is 7.17. The van der Waals surface area contributed by atoms with Gasteiger partial charge >= 0.3 is 6.18 Å². The van der Waals surface area contributed by atoms with Crippen LogP contribution in [0.5, 0.6) is 5.75 Å². The van der Waals surface area contributed by atoms with Gasteiger partial charge in [0.2, 0.25) is 0 Å². The molecule has 0 aliphatic carbocycles. The number of amides is 1. The summed E-state index contributed by atoms with van der Waals surface area (Å²) in [7, 11) is 0. The Morgan fingerprint density at radius 2 is 2.08 bits per heavy atom. The highest BCUT2D eigenvalue weighted by atomic mass is 32.1. The van der Waals surface area contributed by atoms with Crippen molar-refractivity contribution in [3.63, 3.8) is 0 Å². The lowest BCUT2D eigenvalue weighted by Gasteiger charge is -2.39. The Morgan fingerprint density at radius 1 is 1.38 bits per heavy atom. The van der Waals surface area contributed by atoms with Gasteiger partial charge in [0.1, 0.15) is 16.7 Å². The quantitative estimate of drug-likeness (QED) is 0.497. The number of carbonyl (C=O) groups is 1. The van der Waals surface area contributed by atoms with E-state index < -0.39 is 17.6 Å². The van der Waals surface area contributed by atoms with E-state index >= 15 is 0 Å². The van der Waals surface area contributed by atoms with Crippen LogP contribution in [-0.4, -0.2) is 30.1 Å². The maximum Gasteiger partial charge on any atom is 0.419 e. The van der Waals surface area contributed by atoms with Crippen LogP contribution in [-0.2, 0) is 6.18 Å². The largest absolute Gasteiger partial charge is 0.486 e. The van der Waals surface area contributed by atoms with E-state index in [1.807, 2.05) is 10.3 Å². The second-order valence-electron chi connectivity index (χ2n) is 5.12. The van der Waals surface area contributed by atoms with E-state index in [0.717, 1.165) is 17.4 Å². The van der Waals surface area contributed by atoms with Crippen molar-refractivity contribution in [2.75, 3.05) is 18.0 Å². The zero-order valence-electron chi connectivity index (χ0n) is 12.2. The first-order valence-electron chi connectivity index (χ1n) is 6.93. The molecule has 3 N–H and O–H groups in total. The van der Waals surface area contributed by atoms with Gasteiger partial charge in [-0.2, -0.15) is 13.2 Å². The molecule has 1 saturated heterocycles. The van der Waals surface area contributed by atoms with E-state index in [-0.39, 0.29) is 11.9 Å². The van der Waals surface area contributed by atoms with Crippen LogP contribution in [0.3, 0.4) is 0 Å². The summed E-state index contributed by atoms with van der Waals surface area (Å²) < 4.78 is 44.2. The smallest absolute Gasteiger partial charge is 0.419 e. The summed E-state index contributed by atoms with van der Waals surface area (Å²) in [6.45, 7) is 0.785. The van der Waals surface area contributed by atoms with E-state index in [2.05, 4.69) is 4.98 Å². The second kappa shape index (κ2) is 6.29. The second-order valence-corrected chi connectivity index (χ2v) is 6.13. The molecule has 1 aromatic carbocycles. The number of rotatable bonds is 4. The van der Waals surface area contributed by atoms with Gasteiger partial charge in [-0.15, -0.1) is 0 Å². The molecule has 2 heterocycles. The lowest BCUT2D eigenvalue weighted by Crippen LogP contribution is -2.54. The molecule has 1 aromatic heterocycles. The van der Waals surface area contributed by atoms with Crippen molar-refractivity contribution >= 4 is 22.4 Å². The summed E-state index contributed by atoms with van der Waals surface area (Å²) in [6, 6.07) is 5.12. The molecule has 24 heavy (non-hydrogen) atoms. The molecule has 2 aromatic rings. The molecule has 1 amide bonds. The predicted molar refractivity (Wildman–Crippen MR) is 81.8 cm³/mol. The Kier molecular flexibility index (Phi) is 4.33. The molecule has 1 aliphatic rings. The summed E-state index contributed by atoms with van der Waals surface area (Å²) >= 11 is 1.15. The number of anilines is 1. The van der Waals surface area contributed by atoms with Crippen molar-refractivity contribution in [2.45, 2.75) is 12.3 Å². The summed E-state index contributed by atoms with van der Waals surface area (Å²) in [5, 5.41) is 0.595. The number of alkyl halides is 3. The summed E-state index contributed by atoms with van der Waals surface area (Å²) in [4.78, 5) is 17.7. The molecule has 6 nitrogen and oxygen atoms in total. The highest BCUT2D eigenvalue weighted by Gasteiger charge is 2.37. The number of nitrogens with one attached hydrogen (secondary N) is 1. The number of para-hydroxylation sites is 1. The van der Waals surface area contributed by atoms with Crippen LogP contribution in [0.25, 0.3) is 0 Å². The van der Waals surface area contributed by atoms with Crippen LogP contribution in [0, 0.1) is 0 Å². The maximum absolute atomic E-state index is 12.9. The number of nitrogens with two attached hydrogens (primary N) is 1. The first kappa shape index (κ1) is 16.5. The number of ether oxygens (including phenoxy) is 1. The van der Waals surface area contributed by atoms with Gasteiger partial charge in [-0.05, 0) is 12.1 Å². The third-order valence-electron chi connectivity index (χ3n) is 3.45. The van der Waals surface area contributed by atoms with E-state index in [0.29, 0.717) is 23.1 Å². The maximum atomic E-state index is 12.9. The van der Waals surface area contributed by atoms with E-state index in [9.17, 15) is 18.0 Å². The highest BCUT2D eigenvalue weighted by Crippen LogP contribution is 2.37. The Balaban J connectivity index is 1.62. The van der Waals surface area contributed by atoms with Gasteiger partial charge in [0.25, 0.3) is 5.91 Å². The normalized spacial score (nSPS) is 15.1. The molecular weight excluding hydrogens is 345 g/mol. The van der Waals surface area contributed by atoms with Crippen LogP contribution in [0.15, 0.2) is 30.5 Å². The number of nitrogens with zero attached hydrogens (tertiary/aromatic N) is 2. The standard InChI is InChI=1S/C14H13F3N4O2S/c15-14(16,17)9-3-1-2-4-10(9)23-8-6-21(7-8)13-19-5-11(24-13)12(22)20-18/h1-5,8H,6-7,18H2,(H,20,22). The first-order valence-corrected chi connectivity index (χ1v) is 7.74. The van der Waals surface area contributed by atoms with Crippen molar-refractivity contribution in [3.05, 3.63) is 40.9 Å². The van der Waals surface area contributed by atoms with Gasteiger partial charge in [-0.3, -0.25) is 10.2 Å². The van der Waals surface area contributed by atoms with Crippen molar-refractivity contribution in [3.8, 4) is 5.75 Å². The molecule has 0 atom stereocenters. The van der Waals surface area contributed by atoms with Crippen LogP contribution in [0.1, 0.15) is 15.2 Å². The fourth-order valence-electron chi connectivity index (χ4n) is 2.24. The lowest BCUT2D eigenvalue weighted by atomic mass is 10.1. The predicted octanol–water partition coefficient (Wildman–Crippen LogP) is 2.03. The van der Waals surface area contributed by atoms with Gasteiger partial charge < -0.3 is 9.64 Å². The van der Waals surface area contributed by atoms with Gasteiger partial charge in [0.15, 0.2) is 5.13 Å². The first-order chi connectivity index (χ1) is 11.4. The molecule has 3 rings (SSSR count). The number of benzene rings is 1. The number of halogens is 3. The Morgan fingerprint density at radius 3 is 2.75 bits per heavy atom. The lowest BCUT2D eigenvalue weighted by molar-refractivity contribution is -0.139. The number of thiazole rings is 1. The average molecular weight is 358 g/mol. The van der Waals surface area contributed by atoms with E-state index in [4.69, 9.17) is 10.6 Å². The number of hydrogen-bond donors (Lipinski definition) is 2. The van der Waals surface area contributed by atoms with E-state index in [1.165, 1.54) is 24.4 Å². The molecule has 0 radical (unpaired) electrons. The SMILES string of the molecule is NNC(=O)c1cnc(N2CC(Oc3ccccc3C(F)(F)F)C2)s1. The molecule has 1 fully saturated rings. The topological polar surface area (TPSA) is 80.5 Å². The third-order valence-corrected chi connectivity index (χ3v) is 4.51. The fraction of sp³-hybridized carbons (Fsp3) is 0.286. The molecule has 0 saturated carbocycles. The summed E-state index contributed by atoms with van der Waals surface area (Å²) in [5.41, 5.74) is 1.22.